The van der Waals surface area contributed by atoms with Gasteiger partial charge in [-0.15, -0.1) is 10.2 Å². The zero-order valence-electron chi connectivity index (χ0n) is 9.30. The predicted molar refractivity (Wildman–Crippen MR) is 60.1 cm³/mol. The van der Waals surface area contributed by atoms with Gasteiger partial charge in [0.25, 0.3) is 0 Å². The van der Waals surface area contributed by atoms with Crippen LogP contribution in [0.15, 0.2) is 12.4 Å². The van der Waals surface area contributed by atoms with Crippen molar-refractivity contribution < 1.29 is 0 Å². The van der Waals surface area contributed by atoms with Gasteiger partial charge in [-0.1, -0.05) is 0 Å². The van der Waals surface area contributed by atoms with Crippen LogP contribution in [0.3, 0.4) is 0 Å². The second-order valence-electron chi connectivity index (χ2n) is 4.59. The first-order chi connectivity index (χ1) is 7.74. The summed E-state index contributed by atoms with van der Waals surface area (Å²) in [5.74, 6) is 1.45. The smallest absolute Gasteiger partial charge is 0.163 e. The summed E-state index contributed by atoms with van der Waals surface area (Å²) in [5.41, 5.74) is 7.77. The maximum atomic E-state index is 5.93. The largest absolute Gasteiger partial charge is 0.328 e. The molecule has 2 N–H and O–H groups in total. The molecule has 0 amide bonds. The van der Waals surface area contributed by atoms with Crippen LogP contribution in [-0.2, 0) is 0 Å². The van der Waals surface area contributed by atoms with Crippen LogP contribution >= 0.6 is 0 Å². The molecule has 0 bridgehead atoms. The van der Waals surface area contributed by atoms with E-state index in [2.05, 4.69) is 15.2 Å². The zero-order valence-corrected chi connectivity index (χ0v) is 9.30. The van der Waals surface area contributed by atoms with Crippen LogP contribution < -0.4 is 5.73 Å². The van der Waals surface area contributed by atoms with Crippen molar-refractivity contribution in [3.63, 3.8) is 0 Å². The van der Waals surface area contributed by atoms with E-state index in [4.69, 9.17) is 5.73 Å². The Morgan fingerprint density at radius 2 is 2.25 bits per heavy atom. The molecule has 84 valence electrons. The topological polar surface area (TPSA) is 69.1 Å². The number of nitrogens with zero attached hydrogens (tertiary/aromatic N) is 4. The highest BCUT2D eigenvalue weighted by atomic mass is 15.3. The molecule has 5 heteroatoms. The maximum Gasteiger partial charge on any atom is 0.163 e. The number of aryl methyl sites for hydroxylation is 1. The molecule has 3 rings (SSSR count). The summed E-state index contributed by atoms with van der Waals surface area (Å²) < 4.78 is 1.98. The van der Waals surface area contributed by atoms with Crippen LogP contribution in [-0.4, -0.2) is 25.6 Å². The molecule has 2 unspecified atom stereocenters. The Morgan fingerprint density at radius 1 is 1.38 bits per heavy atom. The first-order valence-electron chi connectivity index (χ1n) is 5.67. The SMILES string of the molecule is Cc1cc2nnc(C3CCC(N)C3)n2cn1. The van der Waals surface area contributed by atoms with Gasteiger partial charge in [-0.2, -0.15) is 0 Å². The van der Waals surface area contributed by atoms with Crippen LogP contribution in [0.25, 0.3) is 5.65 Å². The highest BCUT2D eigenvalue weighted by molar-refractivity contribution is 5.38. The molecule has 2 aromatic rings. The Bertz CT molecular complexity index is 518. The summed E-state index contributed by atoms with van der Waals surface area (Å²) in [6.45, 7) is 1.96. The normalized spacial score (nSPS) is 25.4. The highest BCUT2D eigenvalue weighted by Gasteiger charge is 2.27. The van der Waals surface area contributed by atoms with Gasteiger partial charge in [0.1, 0.15) is 12.2 Å². The number of rotatable bonds is 1. The molecule has 1 saturated carbocycles. The summed E-state index contributed by atoms with van der Waals surface area (Å²) in [6.07, 6.45) is 5.01. The van der Waals surface area contributed by atoms with Gasteiger partial charge in [0, 0.05) is 23.7 Å². The fourth-order valence-electron chi connectivity index (χ4n) is 2.44. The summed E-state index contributed by atoms with van der Waals surface area (Å²) in [5, 5.41) is 8.45. The Morgan fingerprint density at radius 3 is 3.00 bits per heavy atom. The lowest BCUT2D eigenvalue weighted by molar-refractivity contribution is 0.634. The lowest BCUT2D eigenvalue weighted by Crippen LogP contribution is -2.15. The van der Waals surface area contributed by atoms with E-state index in [0.717, 1.165) is 36.4 Å². The number of fused-ring (bicyclic) bond motifs is 1. The molecule has 1 fully saturated rings. The molecule has 0 aromatic carbocycles. The molecule has 2 atom stereocenters. The monoisotopic (exact) mass is 217 g/mol. The minimum Gasteiger partial charge on any atom is -0.328 e. The van der Waals surface area contributed by atoms with Crippen LogP contribution in [0.4, 0.5) is 0 Å². The van der Waals surface area contributed by atoms with Crippen LogP contribution in [0.1, 0.15) is 36.7 Å². The summed E-state index contributed by atoms with van der Waals surface area (Å²) >= 11 is 0. The maximum absolute atomic E-state index is 5.93. The first-order valence-corrected chi connectivity index (χ1v) is 5.67. The molecular weight excluding hydrogens is 202 g/mol. The quantitative estimate of drug-likeness (QED) is 0.774. The van der Waals surface area contributed by atoms with Crippen LogP contribution in [0.5, 0.6) is 0 Å². The van der Waals surface area contributed by atoms with Gasteiger partial charge >= 0.3 is 0 Å². The van der Waals surface area contributed by atoms with Crippen molar-refractivity contribution in [2.24, 2.45) is 5.73 Å². The van der Waals surface area contributed by atoms with E-state index in [9.17, 15) is 0 Å². The van der Waals surface area contributed by atoms with Gasteiger partial charge in [-0.25, -0.2) is 4.98 Å². The Balaban J connectivity index is 2.04. The Hall–Kier alpha value is -1.49. The molecule has 5 nitrogen and oxygen atoms in total. The van der Waals surface area contributed by atoms with E-state index in [1.165, 1.54) is 0 Å². The summed E-state index contributed by atoms with van der Waals surface area (Å²) in [4.78, 5) is 4.28. The van der Waals surface area contributed by atoms with Gasteiger partial charge in [-0.3, -0.25) is 4.40 Å². The van der Waals surface area contributed by atoms with E-state index in [1.54, 1.807) is 0 Å². The van der Waals surface area contributed by atoms with E-state index in [0.29, 0.717) is 12.0 Å². The molecule has 16 heavy (non-hydrogen) atoms. The fraction of sp³-hybridized carbons (Fsp3) is 0.545. The second kappa shape index (κ2) is 3.52. The van der Waals surface area contributed by atoms with Crippen molar-refractivity contribution in [2.45, 2.75) is 38.1 Å². The lowest BCUT2D eigenvalue weighted by Gasteiger charge is -2.06. The zero-order chi connectivity index (χ0) is 11.1. The van der Waals surface area contributed by atoms with Gasteiger partial charge in [0.15, 0.2) is 5.65 Å². The van der Waals surface area contributed by atoms with Crippen molar-refractivity contribution in [3.8, 4) is 0 Å². The van der Waals surface area contributed by atoms with Gasteiger partial charge in [0.05, 0.1) is 0 Å². The van der Waals surface area contributed by atoms with Gasteiger partial charge in [0.2, 0.25) is 0 Å². The second-order valence-corrected chi connectivity index (χ2v) is 4.59. The number of hydrogen-bond donors (Lipinski definition) is 1. The van der Waals surface area contributed by atoms with E-state index >= 15 is 0 Å². The molecular formula is C11H15N5. The third-order valence-electron chi connectivity index (χ3n) is 3.30. The molecule has 0 radical (unpaired) electrons. The first kappa shape index (κ1) is 9.72. The molecule has 2 heterocycles. The molecule has 2 aromatic heterocycles. The standard InChI is InChI=1S/C11H15N5/c1-7-4-10-14-15-11(16(10)6-13-7)8-2-3-9(12)5-8/h4,6,8-9H,2-3,5,12H2,1H3. The highest BCUT2D eigenvalue weighted by Crippen LogP contribution is 2.32. The van der Waals surface area contributed by atoms with Crippen molar-refractivity contribution in [1.29, 1.82) is 0 Å². The summed E-state index contributed by atoms with van der Waals surface area (Å²) in [7, 11) is 0. The molecule has 1 aliphatic rings. The fourth-order valence-corrected chi connectivity index (χ4v) is 2.44. The summed E-state index contributed by atoms with van der Waals surface area (Å²) in [6, 6.07) is 2.27. The Labute approximate surface area is 93.7 Å². The van der Waals surface area contributed by atoms with E-state index in [-0.39, 0.29) is 0 Å². The van der Waals surface area contributed by atoms with Gasteiger partial charge < -0.3 is 5.73 Å². The number of aromatic nitrogens is 4. The average Bonchev–Trinajstić information content (AvgIpc) is 2.83. The van der Waals surface area contributed by atoms with Gasteiger partial charge in [-0.05, 0) is 26.2 Å². The molecule has 0 spiro atoms. The molecule has 0 aliphatic heterocycles. The minimum atomic E-state index is 0.316. The third-order valence-corrected chi connectivity index (χ3v) is 3.30. The van der Waals surface area contributed by atoms with Crippen LogP contribution in [0.2, 0.25) is 0 Å². The van der Waals surface area contributed by atoms with Crippen LogP contribution in [0, 0.1) is 6.92 Å². The molecule has 1 aliphatic carbocycles. The molecule has 0 saturated heterocycles. The lowest BCUT2D eigenvalue weighted by atomic mass is 10.1. The van der Waals surface area contributed by atoms with Crippen molar-refractivity contribution in [3.05, 3.63) is 23.9 Å². The number of hydrogen-bond acceptors (Lipinski definition) is 4. The van der Waals surface area contributed by atoms with E-state index < -0.39 is 0 Å². The van der Waals surface area contributed by atoms with E-state index in [1.807, 2.05) is 23.7 Å². The third kappa shape index (κ3) is 1.48. The van der Waals surface area contributed by atoms with Crippen molar-refractivity contribution in [1.82, 2.24) is 19.6 Å². The number of nitrogens with two attached hydrogens (primary N) is 1. The minimum absolute atomic E-state index is 0.316. The Kier molecular flexibility index (Phi) is 2.14. The predicted octanol–water partition coefficient (Wildman–Crippen LogP) is 1.03. The van der Waals surface area contributed by atoms with Crippen molar-refractivity contribution >= 4 is 5.65 Å². The van der Waals surface area contributed by atoms with Crippen molar-refractivity contribution in [2.75, 3.05) is 0 Å². The average molecular weight is 217 g/mol.